The van der Waals surface area contributed by atoms with Crippen LogP contribution in [0.4, 0.5) is 0 Å². The minimum absolute atomic E-state index is 0.00301. The second-order valence-electron chi connectivity index (χ2n) is 4.48. The molecule has 94 valence electrons. The molecule has 0 bridgehead atoms. The third kappa shape index (κ3) is 2.83. The summed E-state index contributed by atoms with van der Waals surface area (Å²) in [7, 11) is 2.02. The van der Waals surface area contributed by atoms with Gasteiger partial charge in [0.25, 0.3) is 5.56 Å². The lowest BCUT2D eigenvalue weighted by atomic mass is 10.2. The topological polar surface area (TPSA) is 67.3 Å². The van der Waals surface area contributed by atoms with E-state index in [1.807, 2.05) is 7.05 Å². The van der Waals surface area contributed by atoms with Crippen molar-refractivity contribution in [3.05, 3.63) is 32.6 Å². The van der Waals surface area contributed by atoms with Gasteiger partial charge in [-0.3, -0.25) is 14.3 Å². The number of aryl methyl sites for hydroxylation is 1. The summed E-state index contributed by atoms with van der Waals surface area (Å²) in [5.41, 5.74) is -0.167. The molecule has 0 aromatic carbocycles. The van der Waals surface area contributed by atoms with E-state index in [0.29, 0.717) is 18.7 Å². The summed E-state index contributed by atoms with van der Waals surface area (Å²) in [6.07, 6.45) is 1.58. The minimum atomic E-state index is -0.377. The average molecular weight is 239 g/mol. The van der Waals surface area contributed by atoms with Gasteiger partial charge in [0.05, 0.1) is 19.3 Å². The van der Waals surface area contributed by atoms with E-state index < -0.39 is 0 Å². The van der Waals surface area contributed by atoms with Crippen molar-refractivity contribution in [3.8, 4) is 0 Å². The Labute approximate surface area is 98.8 Å². The molecule has 17 heavy (non-hydrogen) atoms. The first-order valence-corrected chi connectivity index (χ1v) is 5.67. The van der Waals surface area contributed by atoms with Gasteiger partial charge >= 0.3 is 5.69 Å². The van der Waals surface area contributed by atoms with E-state index >= 15 is 0 Å². The first-order valence-electron chi connectivity index (χ1n) is 5.67. The van der Waals surface area contributed by atoms with Gasteiger partial charge in [0, 0.05) is 24.8 Å². The van der Waals surface area contributed by atoms with E-state index in [9.17, 15) is 9.59 Å². The van der Waals surface area contributed by atoms with Crippen LogP contribution in [0, 0.1) is 6.92 Å². The molecule has 2 heterocycles. The average Bonchev–Trinajstić information content (AvgIpc) is 2.26. The number of likely N-dealkylation sites (N-methyl/N-ethyl adjacent to an activating group) is 1. The molecule has 1 saturated heterocycles. The Balaban J connectivity index is 2.16. The van der Waals surface area contributed by atoms with Gasteiger partial charge in [-0.05, 0) is 14.0 Å². The molecule has 0 saturated carbocycles. The molecule has 0 spiro atoms. The first-order chi connectivity index (χ1) is 8.06. The van der Waals surface area contributed by atoms with Gasteiger partial charge < -0.3 is 9.64 Å². The van der Waals surface area contributed by atoms with Crippen molar-refractivity contribution >= 4 is 0 Å². The van der Waals surface area contributed by atoms with Gasteiger partial charge in [-0.15, -0.1) is 0 Å². The van der Waals surface area contributed by atoms with Crippen LogP contribution < -0.4 is 11.2 Å². The van der Waals surface area contributed by atoms with Crippen LogP contribution in [0.25, 0.3) is 0 Å². The Morgan fingerprint density at radius 2 is 2.29 bits per heavy atom. The van der Waals surface area contributed by atoms with E-state index in [1.165, 1.54) is 4.57 Å². The maximum Gasteiger partial charge on any atom is 0.328 e. The molecule has 0 amide bonds. The number of hydrogen-bond acceptors (Lipinski definition) is 4. The summed E-state index contributed by atoms with van der Waals surface area (Å²) in [5, 5.41) is 0. The monoisotopic (exact) mass is 239 g/mol. The molecular weight excluding hydrogens is 222 g/mol. The summed E-state index contributed by atoms with van der Waals surface area (Å²) in [5.74, 6) is 0. The van der Waals surface area contributed by atoms with Crippen LogP contribution in [0.1, 0.15) is 5.56 Å². The maximum absolute atomic E-state index is 11.6. The number of H-pyrrole nitrogens is 1. The van der Waals surface area contributed by atoms with Crippen LogP contribution in [0.3, 0.4) is 0 Å². The number of ether oxygens (including phenoxy) is 1. The highest BCUT2D eigenvalue weighted by molar-refractivity contribution is 5.00. The Kier molecular flexibility index (Phi) is 3.44. The number of aromatic amines is 1. The van der Waals surface area contributed by atoms with E-state index in [2.05, 4.69) is 9.88 Å². The maximum atomic E-state index is 11.6. The van der Waals surface area contributed by atoms with E-state index in [4.69, 9.17) is 4.74 Å². The van der Waals surface area contributed by atoms with Gasteiger partial charge in [0.15, 0.2) is 0 Å². The molecule has 1 unspecified atom stereocenters. The fourth-order valence-electron chi connectivity index (χ4n) is 1.95. The van der Waals surface area contributed by atoms with Crippen molar-refractivity contribution in [2.45, 2.75) is 19.6 Å². The second-order valence-corrected chi connectivity index (χ2v) is 4.48. The molecule has 0 aliphatic carbocycles. The van der Waals surface area contributed by atoms with Crippen molar-refractivity contribution in [1.29, 1.82) is 0 Å². The third-order valence-electron chi connectivity index (χ3n) is 2.93. The second kappa shape index (κ2) is 4.85. The van der Waals surface area contributed by atoms with Crippen LogP contribution in [-0.2, 0) is 11.3 Å². The van der Waals surface area contributed by atoms with Crippen molar-refractivity contribution in [2.75, 3.05) is 26.7 Å². The largest absolute Gasteiger partial charge is 0.374 e. The first kappa shape index (κ1) is 12.1. The molecule has 6 nitrogen and oxygen atoms in total. The lowest BCUT2D eigenvalue weighted by Gasteiger charge is -2.30. The van der Waals surface area contributed by atoms with Crippen LogP contribution in [0.15, 0.2) is 15.8 Å². The highest BCUT2D eigenvalue weighted by Gasteiger charge is 2.18. The Morgan fingerprint density at radius 3 is 3.00 bits per heavy atom. The lowest BCUT2D eigenvalue weighted by Crippen LogP contribution is -2.44. The smallest absolute Gasteiger partial charge is 0.328 e. The Hall–Kier alpha value is -1.40. The standard InChI is InChI=1S/C11H17N3O3/c1-8-5-14(11(16)12-10(8)15)7-9-6-13(2)3-4-17-9/h5,9H,3-4,6-7H2,1-2H3,(H,12,15,16). The fraction of sp³-hybridized carbons (Fsp3) is 0.636. The van der Waals surface area contributed by atoms with E-state index in [-0.39, 0.29) is 17.4 Å². The Morgan fingerprint density at radius 1 is 1.53 bits per heavy atom. The van der Waals surface area contributed by atoms with E-state index in [1.54, 1.807) is 13.1 Å². The van der Waals surface area contributed by atoms with Gasteiger partial charge in [-0.25, -0.2) is 4.79 Å². The SMILES string of the molecule is Cc1cn(CC2CN(C)CCO2)c(=O)[nH]c1=O. The van der Waals surface area contributed by atoms with Gasteiger partial charge in [-0.2, -0.15) is 0 Å². The van der Waals surface area contributed by atoms with Crippen molar-refractivity contribution in [3.63, 3.8) is 0 Å². The normalized spacial score (nSPS) is 21.6. The molecule has 2 rings (SSSR count). The molecule has 1 aromatic heterocycles. The highest BCUT2D eigenvalue weighted by Crippen LogP contribution is 2.04. The molecule has 1 aliphatic rings. The van der Waals surface area contributed by atoms with Crippen molar-refractivity contribution in [2.24, 2.45) is 0 Å². The number of aromatic nitrogens is 2. The molecular formula is C11H17N3O3. The number of rotatable bonds is 2. The highest BCUT2D eigenvalue weighted by atomic mass is 16.5. The van der Waals surface area contributed by atoms with E-state index in [0.717, 1.165) is 13.1 Å². The van der Waals surface area contributed by atoms with Crippen molar-refractivity contribution in [1.82, 2.24) is 14.5 Å². The summed E-state index contributed by atoms with van der Waals surface area (Å²) in [6, 6.07) is 0. The minimum Gasteiger partial charge on any atom is -0.374 e. The number of nitrogens with zero attached hydrogens (tertiary/aromatic N) is 2. The van der Waals surface area contributed by atoms with Crippen LogP contribution in [0.5, 0.6) is 0 Å². The zero-order chi connectivity index (χ0) is 12.4. The van der Waals surface area contributed by atoms with Crippen LogP contribution >= 0.6 is 0 Å². The zero-order valence-corrected chi connectivity index (χ0v) is 10.1. The zero-order valence-electron chi connectivity index (χ0n) is 10.1. The molecule has 0 radical (unpaired) electrons. The molecule has 6 heteroatoms. The summed E-state index contributed by atoms with van der Waals surface area (Å²) < 4.78 is 7.08. The van der Waals surface area contributed by atoms with Gasteiger partial charge in [-0.1, -0.05) is 0 Å². The number of morpholine rings is 1. The Bertz CT molecular complexity index is 505. The molecule has 1 fully saturated rings. The summed E-state index contributed by atoms with van der Waals surface area (Å²) >= 11 is 0. The summed E-state index contributed by atoms with van der Waals surface area (Å²) in [4.78, 5) is 27.3. The molecule has 1 aliphatic heterocycles. The van der Waals surface area contributed by atoms with Crippen LogP contribution in [0.2, 0.25) is 0 Å². The summed E-state index contributed by atoms with van der Waals surface area (Å²) in [6.45, 7) is 4.54. The van der Waals surface area contributed by atoms with Crippen molar-refractivity contribution < 1.29 is 4.74 Å². The number of nitrogens with one attached hydrogen (secondary N) is 1. The molecule has 1 aromatic rings. The predicted octanol–water partition coefficient (Wildman–Crippen LogP) is -0.824. The lowest BCUT2D eigenvalue weighted by molar-refractivity contribution is -0.0281. The predicted molar refractivity (Wildman–Crippen MR) is 63.3 cm³/mol. The number of hydrogen-bond donors (Lipinski definition) is 1. The quantitative estimate of drug-likeness (QED) is 0.732. The van der Waals surface area contributed by atoms with Gasteiger partial charge in [0.2, 0.25) is 0 Å². The van der Waals surface area contributed by atoms with Gasteiger partial charge in [0.1, 0.15) is 0 Å². The fourth-order valence-corrected chi connectivity index (χ4v) is 1.95. The molecule has 1 atom stereocenters. The third-order valence-corrected chi connectivity index (χ3v) is 2.93. The van der Waals surface area contributed by atoms with Crippen LogP contribution in [-0.4, -0.2) is 47.3 Å². The molecule has 1 N–H and O–H groups in total.